The number of rotatable bonds is 5. The molecular formula is C6H12F3NO3S. The number of nitrogens with one attached hydrogen (secondary N) is 1. The molecule has 0 atom stereocenters. The average molecular weight is 235 g/mol. The summed E-state index contributed by atoms with van der Waals surface area (Å²) in [6.45, 7) is 2.91. The Morgan fingerprint density at radius 2 is 1.86 bits per heavy atom. The first-order chi connectivity index (χ1) is 6.17. The third-order valence-electron chi connectivity index (χ3n) is 1.15. The number of halogens is 3. The smallest absolute Gasteiger partial charge is 0.377 e. The molecule has 0 fully saturated rings. The van der Waals surface area contributed by atoms with Crippen LogP contribution >= 0.6 is 0 Å². The standard InChI is InChI=1S/C6H12F3NO3S/c1-5(2)13-4-3-10-14(11,12)6(7,8)9/h5,10H,3-4H2,1-2H3. The van der Waals surface area contributed by atoms with Gasteiger partial charge in [-0.25, -0.2) is 13.1 Å². The summed E-state index contributed by atoms with van der Waals surface area (Å²) in [5, 5.41) is 0. The molecule has 8 heteroatoms. The van der Waals surface area contributed by atoms with Crippen molar-refractivity contribution in [3.05, 3.63) is 0 Å². The van der Waals surface area contributed by atoms with E-state index >= 15 is 0 Å². The van der Waals surface area contributed by atoms with Crippen molar-refractivity contribution in [2.45, 2.75) is 25.5 Å². The first-order valence-electron chi connectivity index (χ1n) is 3.84. The van der Waals surface area contributed by atoms with Crippen LogP contribution in [0.15, 0.2) is 0 Å². The Balaban J connectivity index is 3.91. The van der Waals surface area contributed by atoms with Gasteiger partial charge in [0.25, 0.3) is 0 Å². The van der Waals surface area contributed by atoms with Crippen molar-refractivity contribution in [2.75, 3.05) is 13.2 Å². The molecule has 86 valence electrons. The quantitative estimate of drug-likeness (QED) is 0.719. The highest BCUT2D eigenvalue weighted by molar-refractivity contribution is 7.90. The predicted octanol–water partition coefficient (Wildman–Crippen LogP) is 0.851. The molecule has 0 unspecified atom stereocenters. The van der Waals surface area contributed by atoms with Gasteiger partial charge in [0.05, 0.1) is 12.7 Å². The minimum Gasteiger partial charge on any atom is -0.377 e. The van der Waals surface area contributed by atoms with E-state index < -0.39 is 15.5 Å². The van der Waals surface area contributed by atoms with E-state index in [9.17, 15) is 21.6 Å². The molecule has 0 aromatic heterocycles. The first-order valence-corrected chi connectivity index (χ1v) is 5.32. The molecule has 14 heavy (non-hydrogen) atoms. The Morgan fingerprint density at radius 3 is 2.21 bits per heavy atom. The fraction of sp³-hybridized carbons (Fsp3) is 1.00. The Labute approximate surface area is 80.5 Å². The second kappa shape index (κ2) is 4.94. The van der Waals surface area contributed by atoms with E-state index in [4.69, 9.17) is 4.74 Å². The van der Waals surface area contributed by atoms with Gasteiger partial charge < -0.3 is 4.74 Å². The number of sulfonamides is 1. The van der Waals surface area contributed by atoms with Gasteiger partial charge in [0.2, 0.25) is 0 Å². The van der Waals surface area contributed by atoms with Gasteiger partial charge in [0.1, 0.15) is 0 Å². The Kier molecular flexibility index (Phi) is 4.82. The number of ether oxygens (including phenoxy) is 1. The molecule has 0 spiro atoms. The van der Waals surface area contributed by atoms with E-state index in [1.807, 2.05) is 0 Å². The maximum absolute atomic E-state index is 11.7. The fourth-order valence-electron chi connectivity index (χ4n) is 0.552. The zero-order valence-corrected chi connectivity index (χ0v) is 8.57. The van der Waals surface area contributed by atoms with Gasteiger partial charge in [0, 0.05) is 6.54 Å². The van der Waals surface area contributed by atoms with Gasteiger partial charge >= 0.3 is 15.5 Å². The third-order valence-corrected chi connectivity index (χ3v) is 2.34. The average Bonchev–Trinajstić information content (AvgIpc) is 1.95. The molecule has 0 radical (unpaired) electrons. The van der Waals surface area contributed by atoms with Crippen molar-refractivity contribution in [3.63, 3.8) is 0 Å². The van der Waals surface area contributed by atoms with Gasteiger partial charge in [0.15, 0.2) is 0 Å². The van der Waals surface area contributed by atoms with Crippen molar-refractivity contribution in [1.82, 2.24) is 4.72 Å². The minimum atomic E-state index is -5.26. The van der Waals surface area contributed by atoms with Crippen LogP contribution in [0.25, 0.3) is 0 Å². The van der Waals surface area contributed by atoms with E-state index in [1.54, 1.807) is 13.8 Å². The van der Waals surface area contributed by atoms with Crippen LogP contribution in [-0.4, -0.2) is 33.2 Å². The Morgan fingerprint density at radius 1 is 1.36 bits per heavy atom. The lowest BCUT2D eigenvalue weighted by atomic mass is 10.5. The van der Waals surface area contributed by atoms with Crippen LogP contribution in [0.5, 0.6) is 0 Å². The van der Waals surface area contributed by atoms with Gasteiger partial charge in [-0.15, -0.1) is 0 Å². The molecule has 0 aromatic carbocycles. The molecule has 0 saturated heterocycles. The lowest BCUT2D eigenvalue weighted by molar-refractivity contribution is -0.0449. The zero-order valence-electron chi connectivity index (χ0n) is 7.76. The summed E-state index contributed by atoms with van der Waals surface area (Å²) in [7, 11) is -5.23. The van der Waals surface area contributed by atoms with Crippen molar-refractivity contribution >= 4 is 10.0 Å². The van der Waals surface area contributed by atoms with Crippen molar-refractivity contribution < 1.29 is 26.3 Å². The van der Waals surface area contributed by atoms with Gasteiger partial charge in [-0.1, -0.05) is 0 Å². The Bertz CT molecular complexity index is 260. The minimum absolute atomic E-state index is 0.0903. The molecule has 0 aliphatic rings. The second-order valence-electron chi connectivity index (χ2n) is 2.76. The summed E-state index contributed by atoms with van der Waals surface area (Å²) in [5.74, 6) is 0. The molecule has 1 N–H and O–H groups in total. The molecule has 4 nitrogen and oxygen atoms in total. The van der Waals surface area contributed by atoms with E-state index in [0.29, 0.717) is 0 Å². The molecule has 0 saturated carbocycles. The van der Waals surface area contributed by atoms with Crippen molar-refractivity contribution in [1.29, 1.82) is 0 Å². The number of hydrogen-bond donors (Lipinski definition) is 1. The van der Waals surface area contributed by atoms with Gasteiger partial charge in [-0.2, -0.15) is 13.2 Å². The molecule has 0 bridgehead atoms. The highest BCUT2D eigenvalue weighted by Gasteiger charge is 2.45. The molecular weight excluding hydrogens is 223 g/mol. The molecule has 0 rings (SSSR count). The topological polar surface area (TPSA) is 55.4 Å². The van der Waals surface area contributed by atoms with Gasteiger partial charge in [-0.3, -0.25) is 0 Å². The molecule has 0 amide bonds. The normalized spacial score (nSPS) is 13.6. The highest BCUT2D eigenvalue weighted by atomic mass is 32.2. The van der Waals surface area contributed by atoms with E-state index in [1.165, 1.54) is 4.72 Å². The van der Waals surface area contributed by atoms with Crippen LogP contribution < -0.4 is 4.72 Å². The highest BCUT2D eigenvalue weighted by Crippen LogP contribution is 2.21. The van der Waals surface area contributed by atoms with E-state index in [-0.39, 0.29) is 19.3 Å². The predicted molar refractivity (Wildman–Crippen MR) is 44.1 cm³/mol. The molecule has 0 aromatic rings. The fourth-order valence-corrected chi connectivity index (χ4v) is 1.07. The largest absolute Gasteiger partial charge is 0.511 e. The van der Waals surface area contributed by atoms with Crippen molar-refractivity contribution in [3.8, 4) is 0 Å². The van der Waals surface area contributed by atoms with Crippen LogP contribution in [0.4, 0.5) is 13.2 Å². The monoisotopic (exact) mass is 235 g/mol. The van der Waals surface area contributed by atoms with Crippen LogP contribution in [0.3, 0.4) is 0 Å². The summed E-state index contributed by atoms with van der Waals surface area (Å²) < 4.78 is 62.2. The number of hydrogen-bond acceptors (Lipinski definition) is 3. The molecule has 0 heterocycles. The van der Waals surface area contributed by atoms with E-state index in [2.05, 4.69) is 0 Å². The van der Waals surface area contributed by atoms with Crippen LogP contribution in [0, 0.1) is 0 Å². The summed E-state index contributed by atoms with van der Waals surface area (Å²) >= 11 is 0. The molecule has 0 aliphatic heterocycles. The maximum Gasteiger partial charge on any atom is 0.511 e. The van der Waals surface area contributed by atoms with Crippen LogP contribution in [0.1, 0.15) is 13.8 Å². The van der Waals surface area contributed by atoms with Crippen LogP contribution in [0.2, 0.25) is 0 Å². The SMILES string of the molecule is CC(C)OCCNS(=O)(=O)C(F)(F)F. The lowest BCUT2D eigenvalue weighted by Gasteiger charge is -2.10. The maximum atomic E-state index is 11.7. The van der Waals surface area contributed by atoms with Crippen LogP contribution in [-0.2, 0) is 14.8 Å². The second-order valence-corrected chi connectivity index (χ2v) is 4.52. The zero-order chi connectivity index (χ0) is 11.4. The van der Waals surface area contributed by atoms with E-state index in [0.717, 1.165) is 0 Å². The summed E-state index contributed by atoms with van der Waals surface area (Å²) in [6.07, 6.45) is -0.148. The summed E-state index contributed by atoms with van der Waals surface area (Å²) in [5.41, 5.74) is -5.26. The first kappa shape index (κ1) is 13.7. The number of alkyl halides is 3. The van der Waals surface area contributed by atoms with Crippen molar-refractivity contribution in [2.24, 2.45) is 0 Å². The summed E-state index contributed by atoms with van der Waals surface area (Å²) in [6, 6.07) is 0. The molecule has 0 aliphatic carbocycles. The Hall–Kier alpha value is -0.340. The summed E-state index contributed by atoms with van der Waals surface area (Å²) in [4.78, 5) is 0. The van der Waals surface area contributed by atoms with Gasteiger partial charge in [-0.05, 0) is 13.8 Å². The lowest BCUT2D eigenvalue weighted by Crippen LogP contribution is -2.38. The third kappa shape index (κ3) is 4.77.